The number of hydrogen-bond acceptors (Lipinski definition) is 7. The van der Waals surface area contributed by atoms with Gasteiger partial charge in [0.05, 0.1) is 34.0 Å². The molecule has 1 aliphatic rings. The van der Waals surface area contributed by atoms with Crippen LogP contribution in [0.1, 0.15) is 22.0 Å². The molecule has 1 heterocycles. The lowest BCUT2D eigenvalue weighted by atomic mass is 9.91. The molecular weight excluding hydrogens is 352 g/mol. The molecule has 144 valence electrons. The van der Waals surface area contributed by atoms with Gasteiger partial charge >= 0.3 is 0 Å². The van der Waals surface area contributed by atoms with Crippen LogP contribution in [0.4, 0.5) is 0 Å². The van der Waals surface area contributed by atoms with Crippen LogP contribution >= 0.6 is 0 Å². The molecule has 0 amide bonds. The summed E-state index contributed by atoms with van der Waals surface area (Å²) in [5, 5.41) is 0. The molecule has 0 aliphatic carbocycles. The molecule has 0 saturated carbocycles. The number of ketones is 1. The molecule has 2 aromatic carbocycles. The van der Waals surface area contributed by atoms with E-state index in [1.54, 1.807) is 44.6 Å². The fraction of sp³-hybridized carbons (Fsp3) is 0.350. The highest BCUT2D eigenvalue weighted by atomic mass is 16.6. The second kappa shape index (κ2) is 7.75. The lowest BCUT2D eigenvalue weighted by molar-refractivity contribution is -0.00256. The number of fused-ring (bicyclic) bond motifs is 1. The van der Waals surface area contributed by atoms with E-state index in [0.717, 1.165) is 0 Å². The van der Waals surface area contributed by atoms with E-state index >= 15 is 0 Å². The SMILES string of the molecule is COc1cc(OC)c2c(c1)O[C@H](c1c(OC)cccc1OC)[C@@H](OC)C2=O. The Kier molecular flexibility index (Phi) is 5.41. The highest BCUT2D eigenvalue weighted by molar-refractivity contribution is 6.06. The van der Waals surface area contributed by atoms with Crippen molar-refractivity contribution in [1.82, 2.24) is 0 Å². The van der Waals surface area contributed by atoms with Gasteiger partial charge in [-0.05, 0) is 12.1 Å². The van der Waals surface area contributed by atoms with E-state index < -0.39 is 12.2 Å². The van der Waals surface area contributed by atoms with Crippen LogP contribution in [-0.2, 0) is 4.74 Å². The summed E-state index contributed by atoms with van der Waals surface area (Å²) in [5.74, 6) is 2.04. The molecule has 7 nitrogen and oxygen atoms in total. The van der Waals surface area contributed by atoms with Crippen molar-refractivity contribution in [2.45, 2.75) is 12.2 Å². The van der Waals surface area contributed by atoms with Crippen molar-refractivity contribution in [2.75, 3.05) is 35.5 Å². The van der Waals surface area contributed by atoms with E-state index in [1.165, 1.54) is 21.3 Å². The lowest BCUT2D eigenvalue weighted by Gasteiger charge is -2.33. The Bertz CT molecular complexity index is 824. The summed E-state index contributed by atoms with van der Waals surface area (Å²) in [6, 6.07) is 8.64. The molecule has 0 spiro atoms. The maximum absolute atomic E-state index is 13.2. The molecule has 0 unspecified atom stereocenters. The van der Waals surface area contributed by atoms with Crippen LogP contribution in [0.3, 0.4) is 0 Å². The quantitative estimate of drug-likeness (QED) is 0.769. The highest BCUT2D eigenvalue weighted by Crippen LogP contribution is 2.46. The van der Waals surface area contributed by atoms with Gasteiger partial charge in [-0.2, -0.15) is 0 Å². The Morgan fingerprint density at radius 1 is 0.852 bits per heavy atom. The zero-order valence-corrected chi connectivity index (χ0v) is 15.9. The summed E-state index contributed by atoms with van der Waals surface area (Å²) < 4.78 is 33.3. The first kappa shape index (κ1) is 18.8. The van der Waals surface area contributed by atoms with Crippen LogP contribution in [0, 0.1) is 0 Å². The van der Waals surface area contributed by atoms with Crippen molar-refractivity contribution in [1.29, 1.82) is 0 Å². The molecule has 3 rings (SSSR count). The Morgan fingerprint density at radius 2 is 1.48 bits per heavy atom. The van der Waals surface area contributed by atoms with Crippen molar-refractivity contribution in [3.63, 3.8) is 0 Å². The third-order valence-corrected chi connectivity index (χ3v) is 4.53. The van der Waals surface area contributed by atoms with Crippen LogP contribution in [0.2, 0.25) is 0 Å². The van der Waals surface area contributed by atoms with Gasteiger partial charge in [0.15, 0.2) is 12.2 Å². The molecule has 0 aromatic heterocycles. The molecule has 27 heavy (non-hydrogen) atoms. The van der Waals surface area contributed by atoms with E-state index in [1.807, 2.05) is 0 Å². The summed E-state index contributed by atoms with van der Waals surface area (Å²) in [6.45, 7) is 0. The second-order valence-corrected chi connectivity index (χ2v) is 5.84. The van der Waals surface area contributed by atoms with Crippen LogP contribution < -0.4 is 23.7 Å². The number of ether oxygens (including phenoxy) is 6. The standard InChI is InChI=1S/C20H22O7/c1-22-11-9-14(25-4)16-15(10-11)27-19(20(26-5)18(16)21)17-12(23-2)7-6-8-13(17)24-3/h6-10,19-20H,1-5H3/t19-,20+/m1/s1. The first-order chi connectivity index (χ1) is 13.1. The summed E-state index contributed by atoms with van der Waals surface area (Å²) in [7, 11) is 7.57. The van der Waals surface area contributed by atoms with Crippen LogP contribution in [0.15, 0.2) is 30.3 Å². The first-order valence-corrected chi connectivity index (χ1v) is 8.30. The van der Waals surface area contributed by atoms with E-state index in [0.29, 0.717) is 39.9 Å². The minimum Gasteiger partial charge on any atom is -0.496 e. The van der Waals surface area contributed by atoms with Crippen molar-refractivity contribution < 1.29 is 33.2 Å². The number of methoxy groups -OCH3 is 5. The van der Waals surface area contributed by atoms with Crippen molar-refractivity contribution in [3.8, 4) is 28.7 Å². The fourth-order valence-corrected chi connectivity index (χ4v) is 3.26. The molecule has 0 bridgehead atoms. The van der Waals surface area contributed by atoms with Gasteiger partial charge in [-0.15, -0.1) is 0 Å². The van der Waals surface area contributed by atoms with Crippen LogP contribution in [0.25, 0.3) is 0 Å². The summed E-state index contributed by atoms with van der Waals surface area (Å²) in [5.41, 5.74) is 0.908. The van der Waals surface area contributed by atoms with Crippen molar-refractivity contribution in [2.24, 2.45) is 0 Å². The summed E-state index contributed by atoms with van der Waals surface area (Å²) in [4.78, 5) is 13.2. The Balaban J connectivity index is 2.20. The largest absolute Gasteiger partial charge is 0.496 e. The maximum Gasteiger partial charge on any atom is 0.203 e. The van der Waals surface area contributed by atoms with Gasteiger partial charge < -0.3 is 28.4 Å². The van der Waals surface area contributed by atoms with E-state index in [2.05, 4.69) is 0 Å². The van der Waals surface area contributed by atoms with E-state index in [4.69, 9.17) is 28.4 Å². The zero-order valence-electron chi connectivity index (χ0n) is 15.9. The van der Waals surface area contributed by atoms with Gasteiger partial charge in [-0.3, -0.25) is 4.79 Å². The number of benzene rings is 2. The Hall–Kier alpha value is -2.93. The minimum absolute atomic E-state index is 0.254. The third kappa shape index (κ3) is 3.14. The fourth-order valence-electron chi connectivity index (χ4n) is 3.26. The Labute approximate surface area is 157 Å². The average molecular weight is 374 g/mol. The normalized spacial score (nSPS) is 18.3. The molecule has 0 radical (unpaired) electrons. The third-order valence-electron chi connectivity index (χ3n) is 4.53. The topological polar surface area (TPSA) is 72.5 Å². The van der Waals surface area contributed by atoms with Crippen molar-refractivity contribution in [3.05, 3.63) is 41.5 Å². The van der Waals surface area contributed by atoms with Crippen LogP contribution in [-0.4, -0.2) is 47.4 Å². The van der Waals surface area contributed by atoms with Crippen LogP contribution in [0.5, 0.6) is 28.7 Å². The second-order valence-electron chi connectivity index (χ2n) is 5.84. The van der Waals surface area contributed by atoms with E-state index in [-0.39, 0.29) is 5.78 Å². The van der Waals surface area contributed by atoms with Gasteiger partial charge in [0, 0.05) is 19.2 Å². The molecule has 0 N–H and O–H groups in total. The van der Waals surface area contributed by atoms with Crippen molar-refractivity contribution >= 4 is 5.78 Å². The van der Waals surface area contributed by atoms with E-state index in [9.17, 15) is 4.79 Å². The zero-order chi connectivity index (χ0) is 19.6. The number of hydrogen-bond donors (Lipinski definition) is 0. The summed E-state index contributed by atoms with van der Waals surface area (Å²) >= 11 is 0. The van der Waals surface area contributed by atoms with Gasteiger partial charge in [0.25, 0.3) is 0 Å². The maximum atomic E-state index is 13.2. The lowest BCUT2D eigenvalue weighted by Crippen LogP contribution is -2.38. The predicted octanol–water partition coefficient (Wildman–Crippen LogP) is 3.05. The van der Waals surface area contributed by atoms with Gasteiger partial charge in [0.2, 0.25) is 5.78 Å². The molecule has 0 saturated heterocycles. The number of carbonyl (C=O) groups excluding carboxylic acids is 1. The predicted molar refractivity (Wildman–Crippen MR) is 97.6 cm³/mol. The first-order valence-electron chi connectivity index (χ1n) is 8.30. The smallest absolute Gasteiger partial charge is 0.203 e. The summed E-state index contributed by atoms with van der Waals surface area (Å²) in [6.07, 6.45) is -1.66. The highest BCUT2D eigenvalue weighted by Gasteiger charge is 2.43. The minimum atomic E-state index is -0.898. The Morgan fingerprint density at radius 3 is 2.00 bits per heavy atom. The monoisotopic (exact) mass is 374 g/mol. The molecule has 7 heteroatoms. The van der Waals surface area contributed by atoms with Gasteiger partial charge in [0.1, 0.15) is 34.3 Å². The van der Waals surface area contributed by atoms with Gasteiger partial charge in [-0.1, -0.05) is 6.07 Å². The number of carbonyl (C=O) groups is 1. The van der Waals surface area contributed by atoms with Gasteiger partial charge in [-0.25, -0.2) is 0 Å². The molecule has 1 aliphatic heterocycles. The molecule has 2 aromatic rings. The number of Topliss-reactive ketones (excluding diaryl/α,β-unsaturated/α-hetero) is 1. The molecular formula is C20H22O7. The molecule has 2 atom stereocenters. The average Bonchev–Trinajstić information content (AvgIpc) is 2.71. The number of rotatable bonds is 6. The molecule has 0 fully saturated rings.